The number of carboxylic acids is 1. The van der Waals surface area contributed by atoms with Crippen molar-refractivity contribution in [3.8, 4) is 0 Å². The van der Waals surface area contributed by atoms with Crippen LogP contribution >= 0.6 is 0 Å². The van der Waals surface area contributed by atoms with Crippen molar-refractivity contribution in [2.45, 2.75) is 26.3 Å². The van der Waals surface area contributed by atoms with Crippen molar-refractivity contribution in [2.75, 3.05) is 13.6 Å². The summed E-state index contributed by atoms with van der Waals surface area (Å²) in [6, 6.07) is -0.639. The van der Waals surface area contributed by atoms with Crippen LogP contribution in [0.3, 0.4) is 0 Å². The van der Waals surface area contributed by atoms with E-state index in [1.165, 1.54) is 4.90 Å². The molecule has 116 valence electrons. The summed E-state index contributed by atoms with van der Waals surface area (Å²) in [4.78, 5) is 37.3. The summed E-state index contributed by atoms with van der Waals surface area (Å²) in [5.41, 5.74) is 0. The Morgan fingerprint density at radius 1 is 1.29 bits per heavy atom. The smallest absolute Gasteiger partial charge is 0.307 e. The van der Waals surface area contributed by atoms with E-state index < -0.39 is 23.8 Å². The van der Waals surface area contributed by atoms with Crippen molar-refractivity contribution in [3.05, 3.63) is 12.2 Å². The number of hydrogen-bond donors (Lipinski definition) is 2. The molecule has 0 radical (unpaired) electrons. The molecule has 0 aromatic rings. The second-order valence-corrected chi connectivity index (χ2v) is 5.92. The van der Waals surface area contributed by atoms with E-state index >= 15 is 0 Å². The Morgan fingerprint density at radius 2 is 1.86 bits per heavy atom. The first-order chi connectivity index (χ1) is 9.86. The maximum absolute atomic E-state index is 12.4. The van der Waals surface area contributed by atoms with Crippen LogP contribution < -0.4 is 5.32 Å². The Bertz CT molecular complexity index is 488. The first-order valence-corrected chi connectivity index (χ1v) is 7.33. The number of carbonyl (C=O) groups excluding carboxylic acids is 2. The predicted molar refractivity (Wildman–Crippen MR) is 76.3 cm³/mol. The first-order valence-electron chi connectivity index (χ1n) is 7.33. The quantitative estimate of drug-likeness (QED) is 0.723. The van der Waals surface area contributed by atoms with Crippen molar-refractivity contribution in [2.24, 2.45) is 23.7 Å². The molecule has 0 aromatic heterocycles. The molecule has 0 aromatic carbocycles. The fraction of sp³-hybridized carbons (Fsp3) is 0.667. The number of allylic oxidation sites excluding steroid dienone is 2. The van der Waals surface area contributed by atoms with Crippen LogP contribution in [0, 0.1) is 23.7 Å². The standard InChI is InChI=1S/C15H22N2O4/c1-4-17(3)14(19)8(2)16-13(18)11-9-5-6-10(7-9)12(11)15(20)21/h5-6,8-12H,4,7H2,1-3H3,(H,16,18)(H,20,21). The number of hydrogen-bond acceptors (Lipinski definition) is 3. The van der Waals surface area contributed by atoms with Gasteiger partial charge in [-0.25, -0.2) is 0 Å². The molecule has 2 aliphatic carbocycles. The molecule has 2 N–H and O–H groups in total. The Morgan fingerprint density at radius 3 is 2.38 bits per heavy atom. The largest absolute Gasteiger partial charge is 0.481 e. The van der Waals surface area contributed by atoms with Crippen LogP contribution in [0.1, 0.15) is 20.3 Å². The normalized spacial score (nSPS) is 31.0. The van der Waals surface area contributed by atoms with Gasteiger partial charge in [0.2, 0.25) is 11.8 Å². The van der Waals surface area contributed by atoms with E-state index in [1.807, 2.05) is 19.1 Å². The number of carbonyl (C=O) groups is 3. The number of likely N-dealkylation sites (N-methyl/N-ethyl adjacent to an activating group) is 1. The molecule has 5 unspecified atom stereocenters. The van der Waals surface area contributed by atoms with Gasteiger partial charge in [0.25, 0.3) is 0 Å². The van der Waals surface area contributed by atoms with Gasteiger partial charge in [0, 0.05) is 13.6 Å². The molecule has 6 heteroatoms. The van der Waals surface area contributed by atoms with E-state index in [0.717, 1.165) is 0 Å². The van der Waals surface area contributed by atoms with Gasteiger partial charge in [-0.15, -0.1) is 0 Å². The van der Waals surface area contributed by atoms with Crippen LogP contribution in [-0.2, 0) is 14.4 Å². The van der Waals surface area contributed by atoms with E-state index in [-0.39, 0.29) is 23.7 Å². The lowest BCUT2D eigenvalue weighted by Gasteiger charge is -2.26. The molecule has 2 rings (SSSR count). The average molecular weight is 294 g/mol. The lowest BCUT2D eigenvalue weighted by Crippen LogP contribution is -2.49. The maximum atomic E-state index is 12.4. The Hall–Kier alpha value is -1.85. The predicted octanol–water partition coefficient (Wildman–Crippen LogP) is 0.492. The number of rotatable bonds is 5. The third kappa shape index (κ3) is 2.80. The summed E-state index contributed by atoms with van der Waals surface area (Å²) < 4.78 is 0. The van der Waals surface area contributed by atoms with Crippen LogP contribution in [0.4, 0.5) is 0 Å². The van der Waals surface area contributed by atoms with Crippen molar-refractivity contribution in [3.63, 3.8) is 0 Å². The molecule has 2 amide bonds. The zero-order valence-corrected chi connectivity index (χ0v) is 12.6. The van der Waals surface area contributed by atoms with Crippen LogP contribution in [-0.4, -0.2) is 47.4 Å². The van der Waals surface area contributed by atoms with Crippen LogP contribution in [0.15, 0.2) is 12.2 Å². The van der Waals surface area contributed by atoms with Gasteiger partial charge in [0.05, 0.1) is 11.8 Å². The number of aliphatic carboxylic acids is 1. The molecule has 0 spiro atoms. The molecule has 0 saturated heterocycles. The highest BCUT2D eigenvalue weighted by atomic mass is 16.4. The van der Waals surface area contributed by atoms with Crippen molar-refractivity contribution >= 4 is 17.8 Å². The van der Waals surface area contributed by atoms with Gasteiger partial charge in [0.1, 0.15) is 6.04 Å². The molecule has 2 bridgehead atoms. The number of carboxylic acid groups (broad SMARTS) is 1. The SMILES string of the molecule is CCN(C)C(=O)C(C)NC(=O)C1C2C=CC(C2)C1C(=O)O. The van der Waals surface area contributed by atoms with Crippen molar-refractivity contribution in [1.82, 2.24) is 10.2 Å². The highest BCUT2D eigenvalue weighted by Crippen LogP contribution is 2.48. The number of nitrogens with one attached hydrogen (secondary N) is 1. The summed E-state index contributed by atoms with van der Waals surface area (Å²) in [7, 11) is 1.67. The first kappa shape index (κ1) is 15.5. The summed E-state index contributed by atoms with van der Waals surface area (Å²) >= 11 is 0. The summed E-state index contributed by atoms with van der Waals surface area (Å²) in [6.07, 6.45) is 4.54. The minimum atomic E-state index is -0.934. The second-order valence-electron chi connectivity index (χ2n) is 5.92. The fourth-order valence-corrected chi connectivity index (χ4v) is 3.37. The third-order valence-electron chi connectivity index (χ3n) is 4.63. The van der Waals surface area contributed by atoms with Gasteiger partial charge in [-0.05, 0) is 32.1 Å². The van der Waals surface area contributed by atoms with E-state index in [2.05, 4.69) is 5.32 Å². The molecular formula is C15H22N2O4. The van der Waals surface area contributed by atoms with Crippen molar-refractivity contribution < 1.29 is 19.5 Å². The van der Waals surface area contributed by atoms with Gasteiger partial charge in [0.15, 0.2) is 0 Å². The molecule has 1 saturated carbocycles. The highest BCUT2D eigenvalue weighted by molar-refractivity contribution is 5.91. The minimum absolute atomic E-state index is 0.0256. The summed E-state index contributed by atoms with van der Waals surface area (Å²) in [6.45, 7) is 4.05. The monoisotopic (exact) mass is 294 g/mol. The third-order valence-corrected chi connectivity index (χ3v) is 4.63. The zero-order chi connectivity index (χ0) is 15.7. The fourth-order valence-electron chi connectivity index (χ4n) is 3.37. The molecule has 6 nitrogen and oxygen atoms in total. The van der Waals surface area contributed by atoms with Crippen LogP contribution in [0.25, 0.3) is 0 Å². The Kier molecular flexibility index (Phi) is 4.34. The number of amides is 2. The Labute approximate surface area is 124 Å². The average Bonchev–Trinajstić information content (AvgIpc) is 3.05. The van der Waals surface area contributed by atoms with Gasteiger partial charge in [-0.1, -0.05) is 12.2 Å². The number of fused-ring (bicyclic) bond motifs is 2. The van der Waals surface area contributed by atoms with E-state index in [1.54, 1.807) is 14.0 Å². The lowest BCUT2D eigenvalue weighted by molar-refractivity contribution is -0.148. The Balaban J connectivity index is 2.05. The second kappa shape index (κ2) is 5.87. The molecule has 0 aliphatic heterocycles. The summed E-state index contributed by atoms with van der Waals surface area (Å²) in [5.74, 6) is -2.77. The molecule has 5 atom stereocenters. The lowest BCUT2D eigenvalue weighted by atomic mass is 9.82. The van der Waals surface area contributed by atoms with Gasteiger partial charge in [-0.2, -0.15) is 0 Å². The molecular weight excluding hydrogens is 272 g/mol. The molecule has 0 heterocycles. The van der Waals surface area contributed by atoms with Gasteiger partial charge >= 0.3 is 5.97 Å². The maximum Gasteiger partial charge on any atom is 0.307 e. The van der Waals surface area contributed by atoms with Gasteiger partial charge < -0.3 is 15.3 Å². The van der Waals surface area contributed by atoms with E-state index in [9.17, 15) is 19.5 Å². The molecule has 21 heavy (non-hydrogen) atoms. The van der Waals surface area contributed by atoms with Gasteiger partial charge in [-0.3, -0.25) is 14.4 Å². The van der Waals surface area contributed by atoms with E-state index in [4.69, 9.17) is 0 Å². The van der Waals surface area contributed by atoms with Crippen LogP contribution in [0.2, 0.25) is 0 Å². The van der Waals surface area contributed by atoms with Crippen molar-refractivity contribution in [1.29, 1.82) is 0 Å². The zero-order valence-electron chi connectivity index (χ0n) is 12.6. The minimum Gasteiger partial charge on any atom is -0.481 e. The summed E-state index contributed by atoms with van der Waals surface area (Å²) in [5, 5.41) is 12.0. The molecule has 2 aliphatic rings. The topological polar surface area (TPSA) is 86.7 Å². The molecule has 1 fully saturated rings. The number of nitrogens with zero attached hydrogens (tertiary/aromatic N) is 1. The highest BCUT2D eigenvalue weighted by Gasteiger charge is 2.51. The van der Waals surface area contributed by atoms with E-state index in [0.29, 0.717) is 13.0 Å². The van der Waals surface area contributed by atoms with Crippen LogP contribution in [0.5, 0.6) is 0 Å².